The Kier molecular flexibility index (Phi) is 4.16. The zero-order valence-corrected chi connectivity index (χ0v) is 10.9. The molecule has 0 aliphatic carbocycles. The van der Waals surface area contributed by atoms with Gasteiger partial charge in [0.15, 0.2) is 0 Å². The molecule has 0 unspecified atom stereocenters. The minimum atomic E-state index is -0.945. The number of aryl methyl sites for hydroxylation is 1. The third kappa shape index (κ3) is 4.10. The van der Waals surface area contributed by atoms with Gasteiger partial charge in [-0.15, -0.1) is 0 Å². The summed E-state index contributed by atoms with van der Waals surface area (Å²) in [5, 5.41) is 9.07. The van der Waals surface area contributed by atoms with Crippen LogP contribution in [0, 0.1) is 12.3 Å². The normalized spacial score (nSPS) is 11.3. The van der Waals surface area contributed by atoms with Crippen LogP contribution in [0.4, 0.5) is 0 Å². The number of rotatable bonds is 4. The fraction of sp³-hybridized carbons (Fsp3) is 0.500. The van der Waals surface area contributed by atoms with Crippen molar-refractivity contribution in [2.75, 3.05) is 6.61 Å². The number of carboxylic acid groups (broad SMARTS) is 1. The van der Waals surface area contributed by atoms with Crippen LogP contribution in [-0.4, -0.2) is 17.7 Å². The molecule has 0 fully saturated rings. The molecular formula is C14H20O3. The predicted octanol–water partition coefficient (Wildman–Crippen LogP) is 3.51. The Labute approximate surface area is 102 Å². The van der Waals surface area contributed by atoms with Gasteiger partial charge in [-0.25, -0.2) is 4.79 Å². The average Bonchev–Trinajstić information content (AvgIpc) is 2.18. The third-order valence-corrected chi connectivity index (χ3v) is 2.54. The standard InChI is InChI=1S/C14H20O3/c1-10-6-5-7-11(13(15)16)12(10)17-9-8-14(2,3)4/h5-7H,8-9H2,1-4H3,(H,15,16). The molecule has 0 saturated heterocycles. The van der Waals surface area contributed by atoms with Crippen LogP contribution < -0.4 is 4.74 Å². The van der Waals surface area contributed by atoms with Gasteiger partial charge in [-0.2, -0.15) is 0 Å². The number of hydrogen-bond donors (Lipinski definition) is 1. The van der Waals surface area contributed by atoms with Crippen molar-refractivity contribution in [1.29, 1.82) is 0 Å². The molecule has 0 aliphatic heterocycles. The molecule has 3 heteroatoms. The Morgan fingerprint density at radius 1 is 1.35 bits per heavy atom. The van der Waals surface area contributed by atoms with E-state index in [-0.39, 0.29) is 11.0 Å². The molecular weight excluding hydrogens is 216 g/mol. The van der Waals surface area contributed by atoms with Gasteiger partial charge in [-0.1, -0.05) is 32.9 Å². The molecule has 0 atom stereocenters. The summed E-state index contributed by atoms with van der Waals surface area (Å²) < 4.78 is 5.62. The fourth-order valence-corrected chi connectivity index (χ4v) is 1.47. The number of hydrogen-bond acceptors (Lipinski definition) is 2. The monoisotopic (exact) mass is 236 g/mol. The van der Waals surface area contributed by atoms with E-state index in [9.17, 15) is 4.79 Å². The number of para-hydroxylation sites is 1. The van der Waals surface area contributed by atoms with Gasteiger partial charge in [0.1, 0.15) is 11.3 Å². The Morgan fingerprint density at radius 3 is 2.53 bits per heavy atom. The molecule has 0 bridgehead atoms. The van der Waals surface area contributed by atoms with Gasteiger partial charge in [-0.3, -0.25) is 0 Å². The SMILES string of the molecule is Cc1cccc(C(=O)O)c1OCCC(C)(C)C. The summed E-state index contributed by atoms with van der Waals surface area (Å²) in [5.41, 5.74) is 1.28. The molecule has 3 nitrogen and oxygen atoms in total. The second-order valence-electron chi connectivity index (χ2n) is 5.42. The maximum atomic E-state index is 11.1. The predicted molar refractivity (Wildman–Crippen MR) is 67.7 cm³/mol. The average molecular weight is 236 g/mol. The minimum Gasteiger partial charge on any atom is -0.492 e. The van der Waals surface area contributed by atoms with Crippen LogP contribution in [0.2, 0.25) is 0 Å². The van der Waals surface area contributed by atoms with Crippen LogP contribution in [0.15, 0.2) is 18.2 Å². The van der Waals surface area contributed by atoms with E-state index < -0.39 is 5.97 Å². The summed E-state index contributed by atoms with van der Waals surface area (Å²) in [6.07, 6.45) is 0.889. The molecule has 0 spiro atoms. The van der Waals surface area contributed by atoms with Crippen molar-refractivity contribution in [2.24, 2.45) is 5.41 Å². The Hall–Kier alpha value is -1.51. The first-order valence-electron chi connectivity index (χ1n) is 5.77. The minimum absolute atomic E-state index is 0.187. The second-order valence-corrected chi connectivity index (χ2v) is 5.42. The van der Waals surface area contributed by atoms with E-state index in [1.807, 2.05) is 13.0 Å². The maximum absolute atomic E-state index is 11.1. The molecule has 0 saturated carbocycles. The Morgan fingerprint density at radius 2 is 2.00 bits per heavy atom. The molecule has 0 aliphatic rings. The fourth-order valence-electron chi connectivity index (χ4n) is 1.47. The highest BCUT2D eigenvalue weighted by atomic mass is 16.5. The van der Waals surface area contributed by atoms with Gasteiger partial charge in [0, 0.05) is 0 Å². The van der Waals surface area contributed by atoms with Crippen LogP contribution in [0.3, 0.4) is 0 Å². The lowest BCUT2D eigenvalue weighted by atomic mass is 9.93. The smallest absolute Gasteiger partial charge is 0.339 e. The largest absolute Gasteiger partial charge is 0.492 e. The topological polar surface area (TPSA) is 46.5 Å². The van der Waals surface area contributed by atoms with Gasteiger partial charge in [0.05, 0.1) is 6.61 Å². The summed E-state index contributed by atoms with van der Waals surface area (Å²) in [4.78, 5) is 11.1. The molecule has 0 radical (unpaired) electrons. The highest BCUT2D eigenvalue weighted by Crippen LogP contribution is 2.25. The molecule has 1 aromatic carbocycles. The van der Waals surface area contributed by atoms with Crippen molar-refractivity contribution in [3.8, 4) is 5.75 Å². The summed E-state index contributed by atoms with van der Waals surface area (Å²) in [5.74, 6) is -0.455. The molecule has 1 N–H and O–H groups in total. The highest BCUT2D eigenvalue weighted by Gasteiger charge is 2.15. The van der Waals surface area contributed by atoms with Crippen LogP contribution in [-0.2, 0) is 0 Å². The first-order chi connectivity index (χ1) is 7.81. The number of aromatic carboxylic acids is 1. The van der Waals surface area contributed by atoms with Gasteiger partial charge >= 0.3 is 5.97 Å². The zero-order valence-electron chi connectivity index (χ0n) is 10.9. The lowest BCUT2D eigenvalue weighted by molar-refractivity contribution is 0.0691. The molecule has 94 valence electrons. The van der Waals surface area contributed by atoms with E-state index in [2.05, 4.69) is 20.8 Å². The number of carbonyl (C=O) groups is 1. The summed E-state index contributed by atoms with van der Waals surface area (Å²) in [6, 6.07) is 5.16. The summed E-state index contributed by atoms with van der Waals surface area (Å²) in [7, 11) is 0. The van der Waals surface area contributed by atoms with E-state index in [1.54, 1.807) is 12.1 Å². The first kappa shape index (κ1) is 13.6. The zero-order chi connectivity index (χ0) is 13.1. The van der Waals surface area contributed by atoms with Crippen molar-refractivity contribution in [3.05, 3.63) is 29.3 Å². The molecule has 1 aromatic rings. The molecule has 0 heterocycles. The molecule has 17 heavy (non-hydrogen) atoms. The van der Waals surface area contributed by atoms with Crippen LogP contribution in [0.25, 0.3) is 0 Å². The first-order valence-corrected chi connectivity index (χ1v) is 5.77. The van der Waals surface area contributed by atoms with E-state index in [0.717, 1.165) is 12.0 Å². The van der Waals surface area contributed by atoms with E-state index in [0.29, 0.717) is 12.4 Å². The van der Waals surface area contributed by atoms with Crippen molar-refractivity contribution in [3.63, 3.8) is 0 Å². The van der Waals surface area contributed by atoms with Crippen LogP contribution in [0.1, 0.15) is 43.1 Å². The van der Waals surface area contributed by atoms with Crippen molar-refractivity contribution < 1.29 is 14.6 Å². The van der Waals surface area contributed by atoms with E-state index in [4.69, 9.17) is 9.84 Å². The van der Waals surface area contributed by atoms with E-state index in [1.165, 1.54) is 0 Å². The summed E-state index contributed by atoms with van der Waals surface area (Å²) in [6.45, 7) is 8.79. The Balaban J connectivity index is 2.79. The molecule has 1 rings (SSSR count). The van der Waals surface area contributed by atoms with Gasteiger partial charge in [0.25, 0.3) is 0 Å². The van der Waals surface area contributed by atoms with Crippen molar-refractivity contribution in [2.45, 2.75) is 34.1 Å². The number of benzene rings is 1. The highest BCUT2D eigenvalue weighted by molar-refractivity contribution is 5.91. The second kappa shape index (κ2) is 5.21. The maximum Gasteiger partial charge on any atom is 0.339 e. The lowest BCUT2D eigenvalue weighted by Gasteiger charge is -2.19. The lowest BCUT2D eigenvalue weighted by Crippen LogP contribution is -2.13. The molecule has 0 amide bonds. The number of ether oxygens (including phenoxy) is 1. The number of carboxylic acids is 1. The van der Waals surface area contributed by atoms with Crippen LogP contribution in [0.5, 0.6) is 5.75 Å². The summed E-state index contributed by atoms with van der Waals surface area (Å²) >= 11 is 0. The van der Waals surface area contributed by atoms with Crippen LogP contribution >= 0.6 is 0 Å². The van der Waals surface area contributed by atoms with Crippen molar-refractivity contribution in [1.82, 2.24) is 0 Å². The van der Waals surface area contributed by atoms with E-state index >= 15 is 0 Å². The molecule has 0 aromatic heterocycles. The third-order valence-electron chi connectivity index (χ3n) is 2.54. The van der Waals surface area contributed by atoms with Gasteiger partial charge in [0.2, 0.25) is 0 Å². The Bertz CT molecular complexity index is 402. The quantitative estimate of drug-likeness (QED) is 0.870. The van der Waals surface area contributed by atoms with Gasteiger partial charge < -0.3 is 9.84 Å². The van der Waals surface area contributed by atoms with Gasteiger partial charge in [-0.05, 0) is 30.4 Å². The van der Waals surface area contributed by atoms with Crippen molar-refractivity contribution >= 4 is 5.97 Å².